The van der Waals surface area contributed by atoms with Gasteiger partial charge < -0.3 is 14.5 Å². The highest BCUT2D eigenvalue weighted by molar-refractivity contribution is 5.98. The van der Waals surface area contributed by atoms with Gasteiger partial charge in [0.1, 0.15) is 29.5 Å². The van der Waals surface area contributed by atoms with Crippen LogP contribution in [0.5, 0.6) is 5.88 Å². The van der Waals surface area contributed by atoms with Crippen molar-refractivity contribution in [2.75, 3.05) is 50.8 Å². The fraction of sp³-hybridized carbons (Fsp3) is 0.471. The quantitative estimate of drug-likeness (QED) is 0.388. The van der Waals surface area contributed by atoms with Crippen LogP contribution in [0, 0.1) is 23.1 Å². The Morgan fingerprint density at radius 1 is 1.19 bits per heavy atom. The molecule has 220 valence electrons. The van der Waals surface area contributed by atoms with Gasteiger partial charge in [0.15, 0.2) is 5.82 Å². The highest BCUT2D eigenvalue weighted by Gasteiger charge is 2.47. The minimum Gasteiger partial charge on any atom is -0.475 e. The van der Waals surface area contributed by atoms with Crippen molar-refractivity contribution in [1.82, 2.24) is 19.8 Å². The second-order valence-electron chi connectivity index (χ2n) is 12.8. The molecule has 1 aromatic carbocycles. The number of hydrogen-bond donors (Lipinski definition) is 0. The molecule has 2 aliphatic carbocycles. The third-order valence-electron chi connectivity index (χ3n) is 10.6. The van der Waals surface area contributed by atoms with Gasteiger partial charge in [-0.1, -0.05) is 24.8 Å². The van der Waals surface area contributed by atoms with E-state index >= 15 is 4.39 Å². The molecule has 2 atom stereocenters. The molecule has 3 aliphatic heterocycles. The molecule has 3 saturated heterocycles. The van der Waals surface area contributed by atoms with Crippen molar-refractivity contribution in [3.8, 4) is 23.2 Å². The van der Waals surface area contributed by atoms with E-state index in [1.54, 1.807) is 11.1 Å². The van der Waals surface area contributed by atoms with Crippen molar-refractivity contribution in [3.63, 3.8) is 0 Å². The first-order valence-corrected chi connectivity index (χ1v) is 15.6. The molecule has 2 aromatic heterocycles. The van der Waals surface area contributed by atoms with Gasteiger partial charge in [0.2, 0.25) is 11.8 Å². The Kier molecular flexibility index (Phi) is 6.19. The van der Waals surface area contributed by atoms with Crippen LogP contribution in [-0.2, 0) is 11.2 Å². The number of nitriles is 1. The van der Waals surface area contributed by atoms with Crippen molar-refractivity contribution < 1.29 is 13.9 Å². The van der Waals surface area contributed by atoms with E-state index in [-0.39, 0.29) is 22.8 Å². The van der Waals surface area contributed by atoms with Gasteiger partial charge in [0.25, 0.3) is 0 Å². The molecule has 0 spiro atoms. The molecule has 0 N–H and O–H groups in total. The van der Waals surface area contributed by atoms with Crippen LogP contribution in [-0.4, -0.2) is 77.1 Å². The second-order valence-corrected chi connectivity index (χ2v) is 12.8. The number of pyridine rings is 2. The van der Waals surface area contributed by atoms with E-state index in [1.807, 2.05) is 17.0 Å². The average molecular weight is 579 g/mol. The van der Waals surface area contributed by atoms with E-state index in [2.05, 4.69) is 23.6 Å². The van der Waals surface area contributed by atoms with Gasteiger partial charge in [-0.05, 0) is 80.7 Å². The summed E-state index contributed by atoms with van der Waals surface area (Å²) in [6, 6.07) is 8.47. The van der Waals surface area contributed by atoms with Crippen LogP contribution in [0.3, 0.4) is 0 Å². The number of anilines is 1. The minimum atomic E-state index is -0.479. The first-order chi connectivity index (χ1) is 21.0. The summed E-state index contributed by atoms with van der Waals surface area (Å²) in [7, 11) is 0. The number of ether oxygens (including phenoxy) is 1. The maximum Gasteiger partial charge on any atom is 0.246 e. The predicted molar refractivity (Wildman–Crippen MR) is 161 cm³/mol. The first-order valence-electron chi connectivity index (χ1n) is 15.6. The third-order valence-corrected chi connectivity index (χ3v) is 10.6. The van der Waals surface area contributed by atoms with Crippen LogP contribution in [0.25, 0.3) is 22.2 Å². The number of rotatable bonds is 6. The molecule has 43 heavy (non-hydrogen) atoms. The summed E-state index contributed by atoms with van der Waals surface area (Å²) in [6.07, 6.45) is 9.57. The molecule has 4 fully saturated rings. The number of carbonyl (C=O) groups is 1. The maximum atomic E-state index is 16.7. The Morgan fingerprint density at radius 3 is 2.72 bits per heavy atom. The predicted octanol–water partition coefficient (Wildman–Crippen LogP) is 4.81. The Bertz CT molecular complexity index is 1700. The van der Waals surface area contributed by atoms with Crippen molar-refractivity contribution in [2.24, 2.45) is 5.92 Å². The van der Waals surface area contributed by atoms with E-state index in [0.29, 0.717) is 67.0 Å². The molecule has 1 saturated carbocycles. The number of hydrogen-bond acceptors (Lipinski definition) is 7. The Hall–Kier alpha value is -4.03. The summed E-state index contributed by atoms with van der Waals surface area (Å²) >= 11 is 0. The Labute approximate surface area is 250 Å². The van der Waals surface area contributed by atoms with Gasteiger partial charge in [-0.3, -0.25) is 14.7 Å². The van der Waals surface area contributed by atoms with Crippen LogP contribution < -0.4 is 9.64 Å². The zero-order chi connectivity index (χ0) is 29.3. The number of benzene rings is 1. The largest absolute Gasteiger partial charge is 0.475 e. The van der Waals surface area contributed by atoms with Gasteiger partial charge in [-0.2, -0.15) is 5.26 Å². The molecule has 5 heterocycles. The van der Waals surface area contributed by atoms with Crippen LogP contribution >= 0.6 is 0 Å². The number of carbonyl (C=O) groups excluding carboxylic acids is 1. The molecular weight excluding hydrogens is 543 g/mol. The lowest BCUT2D eigenvalue weighted by molar-refractivity contribution is -0.126. The lowest BCUT2D eigenvalue weighted by atomic mass is 9.95. The molecule has 1 amide bonds. The SMILES string of the molecule is C=CC(=O)N1CCN(c2c(C#N)c(OCC34CCCN3CCC4)nc3c(F)c(-c4cccc5c4C4CC4C5)ncc23)CC1. The monoisotopic (exact) mass is 578 g/mol. The molecular formula is C34H35FN6O2. The van der Waals surface area contributed by atoms with Crippen LogP contribution in [0.15, 0.2) is 37.1 Å². The van der Waals surface area contributed by atoms with Crippen LogP contribution in [0.2, 0.25) is 0 Å². The van der Waals surface area contributed by atoms with Crippen LogP contribution in [0.1, 0.15) is 54.7 Å². The number of amides is 1. The van der Waals surface area contributed by atoms with Gasteiger partial charge in [-0.15, -0.1) is 0 Å². The molecule has 0 radical (unpaired) electrons. The highest BCUT2D eigenvalue weighted by atomic mass is 19.1. The van der Waals surface area contributed by atoms with E-state index in [0.717, 1.165) is 57.2 Å². The summed E-state index contributed by atoms with van der Waals surface area (Å²) in [6.45, 7) is 8.09. The van der Waals surface area contributed by atoms with Crippen molar-refractivity contribution >= 4 is 22.5 Å². The van der Waals surface area contributed by atoms with E-state index in [4.69, 9.17) is 14.7 Å². The zero-order valence-electron chi connectivity index (χ0n) is 24.3. The normalized spacial score (nSPS) is 23.5. The zero-order valence-corrected chi connectivity index (χ0v) is 24.3. The van der Waals surface area contributed by atoms with Gasteiger partial charge in [0, 0.05) is 43.3 Å². The summed E-state index contributed by atoms with van der Waals surface area (Å²) in [4.78, 5) is 28.0. The second kappa shape index (κ2) is 10.0. The summed E-state index contributed by atoms with van der Waals surface area (Å²) < 4.78 is 23.2. The summed E-state index contributed by atoms with van der Waals surface area (Å²) in [5, 5.41) is 11.0. The summed E-state index contributed by atoms with van der Waals surface area (Å²) in [5.74, 6) is 0.735. The van der Waals surface area contributed by atoms with Crippen molar-refractivity contribution in [3.05, 3.63) is 59.6 Å². The highest BCUT2D eigenvalue weighted by Crippen LogP contribution is 2.58. The fourth-order valence-corrected chi connectivity index (χ4v) is 8.36. The Morgan fingerprint density at radius 2 is 1.98 bits per heavy atom. The topological polar surface area (TPSA) is 85.6 Å². The maximum absolute atomic E-state index is 16.7. The minimum absolute atomic E-state index is 0.0481. The number of fused-ring (bicyclic) bond motifs is 5. The summed E-state index contributed by atoms with van der Waals surface area (Å²) in [5.41, 5.74) is 4.68. The standard InChI is InChI=1S/C34H35FN6O2/c1-2-27(42)39-12-14-40(15-13-39)32-25(18-36)33(43-20-34-8-4-10-41(34)11-5-9-34)38-31-26(32)19-37-30(29(31)35)23-7-3-6-21-16-22-17-24(22)28(21)23/h2-3,6-7,19,22,24H,1,4-5,8-17,20H2. The molecule has 8 nitrogen and oxygen atoms in total. The smallest absolute Gasteiger partial charge is 0.246 e. The third kappa shape index (κ3) is 4.14. The molecule has 0 bridgehead atoms. The lowest BCUT2D eigenvalue weighted by Crippen LogP contribution is -2.48. The number of aromatic nitrogens is 2. The van der Waals surface area contributed by atoms with E-state index in [1.165, 1.54) is 17.2 Å². The van der Waals surface area contributed by atoms with Crippen molar-refractivity contribution in [2.45, 2.75) is 50.0 Å². The van der Waals surface area contributed by atoms with E-state index in [9.17, 15) is 10.1 Å². The van der Waals surface area contributed by atoms with Gasteiger partial charge >= 0.3 is 0 Å². The molecule has 2 unspecified atom stereocenters. The van der Waals surface area contributed by atoms with E-state index < -0.39 is 5.82 Å². The molecule has 9 heteroatoms. The molecule has 5 aliphatic rings. The molecule has 8 rings (SSSR count). The molecule has 3 aromatic rings. The number of nitrogens with zero attached hydrogens (tertiary/aromatic N) is 6. The lowest BCUT2D eigenvalue weighted by Gasteiger charge is -2.37. The van der Waals surface area contributed by atoms with Gasteiger partial charge in [0.05, 0.1) is 11.2 Å². The van der Waals surface area contributed by atoms with Crippen LogP contribution in [0.4, 0.5) is 10.1 Å². The Balaban J connectivity index is 1.24. The van der Waals surface area contributed by atoms with Crippen molar-refractivity contribution in [1.29, 1.82) is 5.26 Å². The number of piperazine rings is 1. The first kappa shape index (κ1) is 26.6. The number of halogens is 1. The van der Waals surface area contributed by atoms with Gasteiger partial charge in [-0.25, -0.2) is 9.37 Å². The average Bonchev–Trinajstić information content (AvgIpc) is 3.32. The fourth-order valence-electron chi connectivity index (χ4n) is 8.36.